The van der Waals surface area contributed by atoms with Gasteiger partial charge in [-0.05, 0) is 18.2 Å². The highest BCUT2D eigenvalue weighted by Crippen LogP contribution is 2.33. The maximum atomic E-state index is 13.0. The van der Waals surface area contributed by atoms with Crippen LogP contribution >= 0.6 is 11.6 Å². The lowest BCUT2D eigenvalue weighted by Crippen LogP contribution is -2.02. The van der Waals surface area contributed by atoms with Gasteiger partial charge in [-0.2, -0.15) is 0 Å². The number of nitrogens with zero attached hydrogens (tertiary/aromatic N) is 3. The van der Waals surface area contributed by atoms with Gasteiger partial charge in [0.15, 0.2) is 5.69 Å². The summed E-state index contributed by atoms with van der Waals surface area (Å²) < 4.78 is 13.0. The molecule has 0 bridgehead atoms. The lowest BCUT2D eigenvalue weighted by atomic mass is 10.1. The summed E-state index contributed by atoms with van der Waals surface area (Å²) in [5.74, 6) is -0.319. The van der Waals surface area contributed by atoms with Crippen molar-refractivity contribution in [3.63, 3.8) is 0 Å². The predicted molar refractivity (Wildman–Crippen MR) is 68.6 cm³/mol. The van der Waals surface area contributed by atoms with Crippen LogP contribution in [0.2, 0.25) is 5.02 Å². The highest BCUT2D eigenvalue weighted by molar-refractivity contribution is 6.33. The lowest BCUT2D eigenvalue weighted by molar-refractivity contribution is -0.384. The highest BCUT2D eigenvalue weighted by atomic mass is 35.5. The van der Waals surface area contributed by atoms with Gasteiger partial charge >= 0.3 is 5.69 Å². The summed E-state index contributed by atoms with van der Waals surface area (Å²) in [6, 6.07) is 3.57. The van der Waals surface area contributed by atoms with Crippen molar-refractivity contribution in [3.8, 4) is 11.3 Å². The fraction of sp³-hybridized carbons (Fsp3) is 0.0909. The van der Waals surface area contributed by atoms with Crippen LogP contribution in [0.5, 0.6) is 0 Å². The van der Waals surface area contributed by atoms with E-state index in [0.717, 1.165) is 18.3 Å². The monoisotopic (exact) mass is 282 g/mol. The van der Waals surface area contributed by atoms with Crippen LogP contribution in [0.4, 0.5) is 16.0 Å². The smallest absolute Gasteiger partial charge is 0.313 e. The second kappa shape index (κ2) is 5.15. The number of hydrogen-bond donors (Lipinski definition) is 1. The number of nitrogens with one attached hydrogen (secondary N) is 1. The van der Waals surface area contributed by atoms with Gasteiger partial charge in [-0.3, -0.25) is 10.1 Å². The van der Waals surface area contributed by atoms with E-state index in [9.17, 15) is 14.5 Å². The quantitative estimate of drug-likeness (QED) is 0.691. The molecule has 1 N–H and O–H groups in total. The number of hydrogen-bond acceptors (Lipinski definition) is 5. The molecule has 1 heterocycles. The molecule has 0 atom stereocenters. The molecule has 2 aromatic rings. The standard InChI is InChI=1S/C11H8ClFN4O2/c1-14-11-15-5-9(17(18)19)10(16-11)7-3-2-6(13)4-8(7)12/h2-5H,1H3,(H,14,15,16). The molecule has 0 aliphatic carbocycles. The van der Waals surface area contributed by atoms with E-state index in [2.05, 4.69) is 15.3 Å². The molecule has 2 rings (SSSR count). The third kappa shape index (κ3) is 2.60. The molecule has 0 radical (unpaired) electrons. The van der Waals surface area contributed by atoms with Gasteiger partial charge in [-0.15, -0.1) is 0 Å². The first kappa shape index (κ1) is 13.2. The van der Waals surface area contributed by atoms with Gasteiger partial charge in [0.2, 0.25) is 5.95 Å². The Morgan fingerprint density at radius 3 is 2.79 bits per heavy atom. The van der Waals surface area contributed by atoms with Gasteiger partial charge in [-0.1, -0.05) is 11.6 Å². The molecule has 1 aromatic heterocycles. The van der Waals surface area contributed by atoms with E-state index in [1.165, 1.54) is 6.07 Å². The Hall–Kier alpha value is -2.28. The molecule has 0 aliphatic rings. The van der Waals surface area contributed by atoms with Crippen molar-refractivity contribution in [2.75, 3.05) is 12.4 Å². The molecule has 0 spiro atoms. The normalized spacial score (nSPS) is 10.3. The fourth-order valence-corrected chi connectivity index (χ4v) is 1.77. The molecule has 0 amide bonds. The van der Waals surface area contributed by atoms with Crippen LogP contribution in [0.15, 0.2) is 24.4 Å². The van der Waals surface area contributed by atoms with Crippen LogP contribution in [0.3, 0.4) is 0 Å². The van der Waals surface area contributed by atoms with Crippen molar-refractivity contribution in [3.05, 3.63) is 45.4 Å². The van der Waals surface area contributed by atoms with Crippen LogP contribution in [0.1, 0.15) is 0 Å². The predicted octanol–water partition coefficient (Wildman–Crippen LogP) is 2.89. The Bertz CT molecular complexity index is 651. The van der Waals surface area contributed by atoms with Gasteiger partial charge in [0.1, 0.15) is 12.0 Å². The molecule has 0 unspecified atom stereocenters. The lowest BCUT2D eigenvalue weighted by Gasteiger charge is -2.06. The van der Waals surface area contributed by atoms with E-state index < -0.39 is 10.7 Å². The molecule has 0 saturated carbocycles. The van der Waals surface area contributed by atoms with Gasteiger partial charge in [0.05, 0.1) is 9.95 Å². The summed E-state index contributed by atoms with van der Waals surface area (Å²) in [6.07, 6.45) is 1.08. The number of halogens is 2. The molecule has 98 valence electrons. The largest absolute Gasteiger partial charge is 0.357 e. The van der Waals surface area contributed by atoms with Crippen LogP contribution in [0.25, 0.3) is 11.3 Å². The summed E-state index contributed by atoms with van der Waals surface area (Å²) in [5, 5.41) is 13.7. The molecule has 6 nitrogen and oxygen atoms in total. The van der Waals surface area contributed by atoms with Crippen molar-refractivity contribution in [2.24, 2.45) is 0 Å². The van der Waals surface area contributed by atoms with Crippen LogP contribution in [-0.4, -0.2) is 21.9 Å². The zero-order valence-electron chi connectivity index (χ0n) is 9.72. The molecule has 0 saturated heterocycles. The second-order valence-corrected chi connectivity index (χ2v) is 3.97. The minimum atomic E-state index is -0.617. The molecule has 1 aromatic carbocycles. The number of nitro groups is 1. The molecular formula is C11H8ClFN4O2. The first-order chi connectivity index (χ1) is 9.02. The highest BCUT2D eigenvalue weighted by Gasteiger charge is 2.20. The van der Waals surface area contributed by atoms with Crippen molar-refractivity contribution >= 4 is 23.2 Å². The maximum Gasteiger partial charge on any atom is 0.313 e. The minimum Gasteiger partial charge on any atom is -0.357 e. The topological polar surface area (TPSA) is 81.0 Å². The SMILES string of the molecule is CNc1ncc([N+](=O)[O-])c(-c2ccc(F)cc2Cl)n1. The summed E-state index contributed by atoms with van der Waals surface area (Å²) in [6.45, 7) is 0. The summed E-state index contributed by atoms with van der Waals surface area (Å²) in [7, 11) is 1.58. The van der Waals surface area contributed by atoms with E-state index >= 15 is 0 Å². The van der Waals surface area contributed by atoms with Gasteiger partial charge in [0.25, 0.3) is 0 Å². The molecule has 0 fully saturated rings. The van der Waals surface area contributed by atoms with Crippen molar-refractivity contribution in [1.82, 2.24) is 9.97 Å². The average molecular weight is 283 g/mol. The Balaban J connectivity index is 2.68. The Kier molecular flexibility index (Phi) is 3.57. The average Bonchev–Trinajstić information content (AvgIpc) is 2.38. The molecule has 8 heteroatoms. The minimum absolute atomic E-state index is 0.0364. The number of rotatable bonds is 3. The van der Waals surface area contributed by atoms with Crippen LogP contribution < -0.4 is 5.32 Å². The van der Waals surface area contributed by atoms with Gasteiger partial charge in [0, 0.05) is 12.6 Å². The molecular weight excluding hydrogens is 275 g/mol. The molecule has 19 heavy (non-hydrogen) atoms. The van der Waals surface area contributed by atoms with E-state index in [-0.39, 0.29) is 27.9 Å². The fourth-order valence-electron chi connectivity index (χ4n) is 1.51. The van der Waals surface area contributed by atoms with Gasteiger partial charge in [-0.25, -0.2) is 14.4 Å². The Labute approximate surface area is 112 Å². The number of anilines is 1. The van der Waals surface area contributed by atoms with Gasteiger partial charge < -0.3 is 5.32 Å². The van der Waals surface area contributed by atoms with Crippen LogP contribution in [0, 0.1) is 15.9 Å². The Morgan fingerprint density at radius 1 is 1.47 bits per heavy atom. The van der Waals surface area contributed by atoms with E-state index in [1.807, 2.05) is 0 Å². The second-order valence-electron chi connectivity index (χ2n) is 3.56. The molecule has 0 aliphatic heterocycles. The Morgan fingerprint density at radius 2 is 2.21 bits per heavy atom. The van der Waals surface area contributed by atoms with E-state index in [1.54, 1.807) is 7.05 Å². The van der Waals surface area contributed by atoms with E-state index in [0.29, 0.717) is 0 Å². The van der Waals surface area contributed by atoms with E-state index in [4.69, 9.17) is 11.6 Å². The number of aromatic nitrogens is 2. The zero-order valence-corrected chi connectivity index (χ0v) is 10.5. The maximum absolute atomic E-state index is 13.0. The van der Waals surface area contributed by atoms with Crippen molar-refractivity contribution in [1.29, 1.82) is 0 Å². The third-order valence-electron chi connectivity index (χ3n) is 2.38. The summed E-state index contributed by atoms with van der Waals surface area (Å²) in [5.41, 5.74) is 0.00975. The summed E-state index contributed by atoms with van der Waals surface area (Å²) in [4.78, 5) is 18.1. The van der Waals surface area contributed by atoms with Crippen molar-refractivity contribution in [2.45, 2.75) is 0 Å². The van der Waals surface area contributed by atoms with Crippen LogP contribution in [-0.2, 0) is 0 Å². The first-order valence-electron chi connectivity index (χ1n) is 5.17. The first-order valence-corrected chi connectivity index (χ1v) is 5.55. The zero-order chi connectivity index (χ0) is 14.0. The third-order valence-corrected chi connectivity index (χ3v) is 2.69. The summed E-state index contributed by atoms with van der Waals surface area (Å²) >= 11 is 5.89. The van der Waals surface area contributed by atoms with Crippen molar-refractivity contribution < 1.29 is 9.31 Å². The number of benzene rings is 1.